The smallest absolute Gasteiger partial charge is 0.371 e. The van der Waals surface area contributed by atoms with Crippen molar-refractivity contribution in [2.24, 2.45) is 0 Å². The van der Waals surface area contributed by atoms with Gasteiger partial charge < -0.3 is 24.1 Å². The van der Waals surface area contributed by atoms with Crippen LogP contribution >= 0.6 is 0 Å². The number of carboxylic acids is 1. The number of methoxy groups -OCH3 is 3. The van der Waals surface area contributed by atoms with Crippen LogP contribution in [-0.4, -0.2) is 39.0 Å². The third-order valence-corrected chi connectivity index (χ3v) is 3.45. The van der Waals surface area contributed by atoms with Crippen LogP contribution in [0.25, 0.3) is 6.08 Å². The van der Waals surface area contributed by atoms with E-state index in [4.69, 9.17) is 18.9 Å². The number of hydrogen-bond acceptors (Lipinski definition) is 5. The van der Waals surface area contributed by atoms with Gasteiger partial charge in [0.25, 0.3) is 0 Å². The second-order valence-corrected chi connectivity index (χ2v) is 5.18. The maximum absolute atomic E-state index is 11.4. The average Bonchev–Trinajstić information content (AvgIpc) is 2.59. The molecule has 0 bridgehead atoms. The first-order valence-corrected chi connectivity index (χ1v) is 7.95. The van der Waals surface area contributed by atoms with Gasteiger partial charge in [0.2, 0.25) is 11.5 Å². The molecule has 0 amide bonds. The van der Waals surface area contributed by atoms with E-state index in [2.05, 4.69) is 6.92 Å². The minimum atomic E-state index is -1.11. The lowest BCUT2D eigenvalue weighted by atomic mass is 10.1. The van der Waals surface area contributed by atoms with E-state index in [9.17, 15) is 9.90 Å². The lowest BCUT2D eigenvalue weighted by Crippen LogP contribution is -2.06. The molecule has 1 N–H and O–H groups in total. The van der Waals surface area contributed by atoms with Gasteiger partial charge in [-0.3, -0.25) is 0 Å². The lowest BCUT2D eigenvalue weighted by Gasteiger charge is -2.13. The number of ether oxygens (including phenoxy) is 4. The van der Waals surface area contributed by atoms with Gasteiger partial charge in [0.15, 0.2) is 11.5 Å². The minimum Gasteiger partial charge on any atom is -0.493 e. The van der Waals surface area contributed by atoms with Gasteiger partial charge in [0, 0.05) is 0 Å². The lowest BCUT2D eigenvalue weighted by molar-refractivity contribution is -0.136. The number of carbonyl (C=O) groups is 1. The van der Waals surface area contributed by atoms with Crippen molar-refractivity contribution < 1.29 is 28.8 Å². The van der Waals surface area contributed by atoms with Crippen LogP contribution in [0.2, 0.25) is 0 Å². The Bertz CT molecular complexity index is 540. The Labute approximate surface area is 143 Å². The number of hydrogen-bond donors (Lipinski definition) is 1. The molecule has 1 aromatic carbocycles. The summed E-state index contributed by atoms with van der Waals surface area (Å²) in [6.07, 6.45) is 5.53. The summed E-state index contributed by atoms with van der Waals surface area (Å²) in [5.41, 5.74) is 0.593. The van der Waals surface area contributed by atoms with Gasteiger partial charge >= 0.3 is 5.97 Å². The molecule has 0 aliphatic heterocycles. The largest absolute Gasteiger partial charge is 0.493 e. The predicted octanol–water partition coefficient (Wildman–Crippen LogP) is 3.73. The summed E-state index contributed by atoms with van der Waals surface area (Å²) in [5.74, 6) is 0.140. The Kier molecular flexibility index (Phi) is 8.54. The molecular formula is C18H26O6. The average molecular weight is 338 g/mol. The fraction of sp³-hybridized carbons (Fsp3) is 0.500. The second-order valence-electron chi connectivity index (χ2n) is 5.18. The third kappa shape index (κ3) is 5.68. The number of carboxylic acid groups (broad SMARTS) is 1. The van der Waals surface area contributed by atoms with E-state index in [1.54, 1.807) is 12.1 Å². The zero-order valence-electron chi connectivity index (χ0n) is 14.8. The van der Waals surface area contributed by atoms with Crippen LogP contribution < -0.4 is 14.2 Å². The third-order valence-electron chi connectivity index (χ3n) is 3.45. The van der Waals surface area contributed by atoms with Crippen LogP contribution in [0.15, 0.2) is 17.9 Å². The van der Waals surface area contributed by atoms with Gasteiger partial charge in [-0.1, -0.05) is 26.2 Å². The molecule has 6 heteroatoms. The fourth-order valence-electron chi connectivity index (χ4n) is 2.21. The Morgan fingerprint density at radius 1 is 1.04 bits per heavy atom. The van der Waals surface area contributed by atoms with Crippen LogP contribution in [0.3, 0.4) is 0 Å². The molecule has 0 aliphatic rings. The van der Waals surface area contributed by atoms with Gasteiger partial charge in [0.1, 0.15) is 0 Å². The summed E-state index contributed by atoms with van der Waals surface area (Å²) in [4.78, 5) is 11.4. The van der Waals surface area contributed by atoms with Crippen molar-refractivity contribution in [2.75, 3.05) is 27.9 Å². The SMILES string of the molecule is CCCCCCOC(=Cc1cc(OC)c(OC)c(OC)c1)C(=O)O. The van der Waals surface area contributed by atoms with Crippen molar-refractivity contribution in [3.8, 4) is 17.2 Å². The van der Waals surface area contributed by atoms with Crippen molar-refractivity contribution >= 4 is 12.0 Å². The maximum atomic E-state index is 11.4. The zero-order valence-corrected chi connectivity index (χ0v) is 14.8. The Morgan fingerprint density at radius 3 is 2.12 bits per heavy atom. The summed E-state index contributed by atoms with van der Waals surface area (Å²) in [5, 5.41) is 9.31. The van der Waals surface area contributed by atoms with Gasteiger partial charge in [-0.25, -0.2) is 4.79 Å². The molecule has 24 heavy (non-hydrogen) atoms. The van der Waals surface area contributed by atoms with Gasteiger partial charge in [-0.2, -0.15) is 0 Å². The van der Waals surface area contributed by atoms with Gasteiger partial charge in [-0.15, -0.1) is 0 Å². The predicted molar refractivity (Wildman–Crippen MR) is 91.8 cm³/mol. The molecule has 0 spiro atoms. The van der Waals surface area contributed by atoms with E-state index in [1.807, 2.05) is 0 Å². The van der Waals surface area contributed by atoms with E-state index in [1.165, 1.54) is 27.4 Å². The molecule has 0 fully saturated rings. The highest BCUT2D eigenvalue weighted by atomic mass is 16.5. The molecule has 1 rings (SSSR count). The molecule has 6 nitrogen and oxygen atoms in total. The highest BCUT2D eigenvalue weighted by Gasteiger charge is 2.15. The topological polar surface area (TPSA) is 74.2 Å². The van der Waals surface area contributed by atoms with Crippen molar-refractivity contribution in [2.45, 2.75) is 32.6 Å². The first-order chi connectivity index (χ1) is 11.6. The molecule has 0 unspecified atom stereocenters. The molecule has 0 heterocycles. The van der Waals surface area contributed by atoms with Crippen molar-refractivity contribution in [1.82, 2.24) is 0 Å². The standard InChI is InChI=1S/C18H26O6/c1-5-6-7-8-9-24-16(18(19)20)12-13-10-14(21-2)17(23-4)15(11-13)22-3/h10-12H,5-9H2,1-4H3,(H,19,20). The second kappa shape index (κ2) is 10.4. The number of benzene rings is 1. The van der Waals surface area contributed by atoms with Crippen molar-refractivity contribution in [1.29, 1.82) is 0 Å². The quantitative estimate of drug-likeness (QED) is 0.376. The summed E-state index contributed by atoms with van der Waals surface area (Å²) >= 11 is 0. The van der Waals surface area contributed by atoms with E-state index >= 15 is 0 Å². The number of aliphatic carboxylic acids is 1. The Hall–Kier alpha value is -2.37. The number of rotatable bonds is 11. The molecule has 0 aromatic heterocycles. The van der Waals surface area contributed by atoms with Crippen LogP contribution in [0.5, 0.6) is 17.2 Å². The van der Waals surface area contributed by atoms with E-state index < -0.39 is 5.97 Å². The van der Waals surface area contributed by atoms with Gasteiger partial charge in [-0.05, 0) is 30.2 Å². The highest BCUT2D eigenvalue weighted by molar-refractivity contribution is 5.90. The Balaban J connectivity index is 2.98. The zero-order chi connectivity index (χ0) is 17.9. The van der Waals surface area contributed by atoms with Crippen molar-refractivity contribution in [3.63, 3.8) is 0 Å². The summed E-state index contributed by atoms with van der Waals surface area (Å²) < 4.78 is 21.2. The van der Waals surface area contributed by atoms with Crippen LogP contribution in [0.1, 0.15) is 38.2 Å². The minimum absolute atomic E-state index is 0.110. The van der Waals surface area contributed by atoms with E-state index in [-0.39, 0.29) is 5.76 Å². The van der Waals surface area contributed by atoms with Crippen LogP contribution in [0.4, 0.5) is 0 Å². The normalized spacial score (nSPS) is 11.1. The molecule has 0 radical (unpaired) electrons. The molecule has 0 aliphatic carbocycles. The molecule has 134 valence electrons. The summed E-state index contributed by atoms with van der Waals surface area (Å²) in [6.45, 7) is 2.50. The maximum Gasteiger partial charge on any atom is 0.371 e. The molecular weight excluding hydrogens is 312 g/mol. The molecule has 0 saturated carbocycles. The summed E-state index contributed by atoms with van der Waals surface area (Å²) in [7, 11) is 4.53. The first kappa shape index (κ1) is 19.7. The molecule has 0 atom stereocenters. The number of unbranched alkanes of at least 4 members (excludes halogenated alkanes) is 3. The fourth-order valence-corrected chi connectivity index (χ4v) is 2.21. The molecule has 1 aromatic rings. The Morgan fingerprint density at radius 2 is 1.67 bits per heavy atom. The first-order valence-electron chi connectivity index (χ1n) is 7.95. The highest BCUT2D eigenvalue weighted by Crippen LogP contribution is 2.38. The monoisotopic (exact) mass is 338 g/mol. The van der Waals surface area contributed by atoms with E-state index in [0.29, 0.717) is 29.4 Å². The van der Waals surface area contributed by atoms with Crippen molar-refractivity contribution in [3.05, 3.63) is 23.5 Å². The van der Waals surface area contributed by atoms with E-state index in [0.717, 1.165) is 25.7 Å². The van der Waals surface area contributed by atoms with Gasteiger partial charge in [0.05, 0.1) is 27.9 Å². The summed E-state index contributed by atoms with van der Waals surface area (Å²) in [6, 6.07) is 3.34. The molecule has 0 saturated heterocycles. The van der Waals surface area contributed by atoms with Crippen LogP contribution in [0, 0.1) is 0 Å². The van der Waals surface area contributed by atoms with Crippen LogP contribution in [-0.2, 0) is 9.53 Å².